The number of carbonyl (C=O) groups is 3. The summed E-state index contributed by atoms with van der Waals surface area (Å²) in [6, 6.07) is 9.99. The van der Waals surface area contributed by atoms with Crippen LogP contribution in [0.2, 0.25) is 0 Å². The molecule has 4 rings (SSSR count). The number of rotatable bonds is 7. The standard InChI is InChI=1S/C22H22N2O7S2/c1-30-22(27)19-11-16(13-32-19)33(28,29)23-12-14-6-8-24(9-7-14)21(26)20(25)18-10-15-4-2-3-5-17(15)31-18/h2-5,10-11,13-14,23H,6-9,12H2,1H3. The molecule has 1 aliphatic heterocycles. The van der Waals surface area contributed by atoms with Crippen molar-refractivity contribution in [1.29, 1.82) is 0 Å². The Labute approximate surface area is 194 Å². The van der Waals surface area contributed by atoms with E-state index in [1.54, 1.807) is 24.3 Å². The Balaban J connectivity index is 1.30. The predicted octanol–water partition coefficient (Wildman–Crippen LogP) is 2.68. The van der Waals surface area contributed by atoms with Crippen LogP contribution in [0.25, 0.3) is 11.0 Å². The molecule has 11 heteroatoms. The first-order chi connectivity index (χ1) is 15.8. The maximum Gasteiger partial charge on any atom is 0.348 e. The molecular formula is C22H22N2O7S2. The molecule has 3 heterocycles. The van der Waals surface area contributed by atoms with Crippen LogP contribution in [-0.4, -0.2) is 57.7 Å². The minimum atomic E-state index is -3.77. The highest BCUT2D eigenvalue weighted by Gasteiger charge is 2.30. The van der Waals surface area contributed by atoms with Gasteiger partial charge < -0.3 is 14.1 Å². The highest BCUT2D eigenvalue weighted by atomic mass is 32.2. The van der Waals surface area contributed by atoms with E-state index in [0.29, 0.717) is 31.5 Å². The Morgan fingerprint density at radius 1 is 1.18 bits per heavy atom. The number of para-hydroxylation sites is 1. The molecule has 9 nitrogen and oxygen atoms in total. The molecule has 1 aliphatic rings. The lowest BCUT2D eigenvalue weighted by molar-refractivity contribution is -0.127. The van der Waals surface area contributed by atoms with Crippen LogP contribution < -0.4 is 4.72 Å². The first kappa shape index (κ1) is 23.1. The number of piperidine rings is 1. The summed E-state index contributed by atoms with van der Waals surface area (Å²) in [5.41, 5.74) is 0.545. The lowest BCUT2D eigenvalue weighted by Gasteiger charge is -2.31. The fourth-order valence-electron chi connectivity index (χ4n) is 3.66. The van der Waals surface area contributed by atoms with Gasteiger partial charge in [-0.15, -0.1) is 11.3 Å². The molecule has 1 aromatic carbocycles. The maximum atomic E-state index is 12.6. The van der Waals surface area contributed by atoms with Crippen molar-refractivity contribution in [2.24, 2.45) is 5.92 Å². The number of furan rings is 1. The quantitative estimate of drug-likeness (QED) is 0.307. The molecule has 1 saturated heterocycles. The van der Waals surface area contributed by atoms with E-state index in [1.165, 1.54) is 23.5 Å². The second-order valence-electron chi connectivity index (χ2n) is 7.70. The zero-order chi connectivity index (χ0) is 23.6. The number of benzene rings is 1. The number of esters is 1. The van der Waals surface area contributed by atoms with Crippen molar-refractivity contribution in [3.8, 4) is 0 Å². The van der Waals surface area contributed by atoms with Gasteiger partial charge in [-0.3, -0.25) is 9.59 Å². The lowest BCUT2D eigenvalue weighted by Crippen LogP contribution is -2.44. The summed E-state index contributed by atoms with van der Waals surface area (Å²) in [6.07, 6.45) is 1.11. The highest BCUT2D eigenvalue weighted by molar-refractivity contribution is 7.89. The SMILES string of the molecule is COC(=O)c1cc(S(=O)(=O)NCC2CCN(C(=O)C(=O)c3cc4ccccc4o3)CC2)cs1. The summed E-state index contributed by atoms with van der Waals surface area (Å²) in [6.45, 7) is 0.898. The Hall–Kier alpha value is -3.02. The van der Waals surface area contributed by atoms with E-state index in [0.717, 1.165) is 16.7 Å². The molecule has 0 radical (unpaired) electrons. The number of ketones is 1. The van der Waals surface area contributed by atoms with E-state index in [1.807, 2.05) is 6.07 Å². The number of sulfonamides is 1. The molecule has 1 amide bonds. The van der Waals surface area contributed by atoms with Crippen LogP contribution in [-0.2, 0) is 19.6 Å². The number of fused-ring (bicyclic) bond motifs is 1. The smallest absolute Gasteiger partial charge is 0.348 e. The number of methoxy groups -OCH3 is 1. The number of carbonyl (C=O) groups excluding carboxylic acids is 3. The van der Waals surface area contributed by atoms with Crippen molar-refractivity contribution < 1.29 is 32.0 Å². The van der Waals surface area contributed by atoms with Gasteiger partial charge in [0.05, 0.1) is 12.0 Å². The summed E-state index contributed by atoms with van der Waals surface area (Å²) >= 11 is 0.999. The number of amides is 1. The second kappa shape index (κ2) is 9.46. The number of nitrogens with zero attached hydrogens (tertiary/aromatic N) is 1. The Morgan fingerprint density at radius 2 is 1.91 bits per heavy atom. The number of nitrogens with one attached hydrogen (secondary N) is 1. The first-order valence-electron chi connectivity index (χ1n) is 10.3. The van der Waals surface area contributed by atoms with Crippen LogP contribution >= 0.6 is 11.3 Å². The van der Waals surface area contributed by atoms with Crippen molar-refractivity contribution in [3.63, 3.8) is 0 Å². The third-order valence-electron chi connectivity index (χ3n) is 5.58. The number of hydrogen-bond donors (Lipinski definition) is 1. The number of ether oxygens (including phenoxy) is 1. The fourth-order valence-corrected chi connectivity index (χ4v) is 5.97. The van der Waals surface area contributed by atoms with E-state index in [4.69, 9.17) is 4.42 Å². The van der Waals surface area contributed by atoms with Crippen molar-refractivity contribution in [2.45, 2.75) is 17.7 Å². The average Bonchev–Trinajstić information content (AvgIpc) is 3.50. The number of Topliss-reactive ketones (excluding diaryl/α,β-unsaturated/α-hetero) is 1. The van der Waals surface area contributed by atoms with Gasteiger partial charge in [0.15, 0.2) is 5.76 Å². The summed E-state index contributed by atoms with van der Waals surface area (Å²) in [5, 5.41) is 2.14. The Kier molecular flexibility index (Phi) is 6.63. The van der Waals surface area contributed by atoms with Crippen LogP contribution in [0.3, 0.4) is 0 Å². The summed E-state index contributed by atoms with van der Waals surface area (Å²) < 4.78 is 37.7. The zero-order valence-corrected chi connectivity index (χ0v) is 19.4. The molecule has 0 unspecified atom stereocenters. The summed E-state index contributed by atoms with van der Waals surface area (Å²) in [7, 11) is -2.54. The van der Waals surface area contributed by atoms with Crippen LogP contribution in [0.4, 0.5) is 0 Å². The molecule has 0 atom stereocenters. The lowest BCUT2D eigenvalue weighted by atomic mass is 9.97. The molecule has 0 saturated carbocycles. The molecule has 0 bridgehead atoms. The largest absolute Gasteiger partial charge is 0.465 e. The van der Waals surface area contributed by atoms with Gasteiger partial charge in [-0.25, -0.2) is 17.9 Å². The van der Waals surface area contributed by atoms with Gasteiger partial charge >= 0.3 is 5.97 Å². The van der Waals surface area contributed by atoms with Crippen molar-refractivity contribution in [2.75, 3.05) is 26.7 Å². The van der Waals surface area contributed by atoms with E-state index in [9.17, 15) is 22.8 Å². The van der Waals surface area contributed by atoms with Gasteiger partial charge in [0.1, 0.15) is 10.5 Å². The second-order valence-corrected chi connectivity index (χ2v) is 10.4. The van der Waals surface area contributed by atoms with E-state index < -0.39 is 27.7 Å². The molecule has 0 aliphatic carbocycles. The number of thiophene rings is 1. The van der Waals surface area contributed by atoms with Gasteiger partial charge in [-0.2, -0.15) is 0 Å². The van der Waals surface area contributed by atoms with Gasteiger partial charge in [-0.05, 0) is 37.0 Å². The third kappa shape index (κ3) is 5.00. The molecule has 1 N–H and O–H groups in total. The molecular weight excluding hydrogens is 468 g/mol. The van der Waals surface area contributed by atoms with Crippen LogP contribution in [0.15, 0.2) is 51.1 Å². The number of hydrogen-bond acceptors (Lipinski definition) is 8. The average molecular weight is 491 g/mol. The van der Waals surface area contributed by atoms with Crippen LogP contribution in [0.5, 0.6) is 0 Å². The molecule has 1 fully saturated rings. The monoisotopic (exact) mass is 490 g/mol. The minimum absolute atomic E-state index is 0.0111. The van der Waals surface area contributed by atoms with Crippen molar-refractivity contribution in [3.05, 3.63) is 52.4 Å². The molecule has 33 heavy (non-hydrogen) atoms. The van der Waals surface area contributed by atoms with Crippen molar-refractivity contribution >= 4 is 50.0 Å². The molecule has 174 valence electrons. The molecule has 3 aromatic rings. The fraction of sp³-hybridized carbons (Fsp3) is 0.318. The van der Waals surface area contributed by atoms with Crippen LogP contribution in [0, 0.1) is 5.92 Å². The van der Waals surface area contributed by atoms with Gasteiger partial charge in [0, 0.05) is 30.4 Å². The molecule has 0 spiro atoms. The first-order valence-corrected chi connectivity index (χ1v) is 12.6. The normalized spacial score (nSPS) is 15.0. The van der Waals surface area contributed by atoms with Gasteiger partial charge in [0.2, 0.25) is 10.0 Å². The summed E-state index contributed by atoms with van der Waals surface area (Å²) in [5.74, 6) is -1.87. The van der Waals surface area contributed by atoms with Crippen LogP contribution in [0.1, 0.15) is 33.1 Å². The van der Waals surface area contributed by atoms with Crippen molar-refractivity contribution in [1.82, 2.24) is 9.62 Å². The Morgan fingerprint density at radius 3 is 2.61 bits per heavy atom. The molecule has 2 aromatic heterocycles. The summed E-state index contributed by atoms with van der Waals surface area (Å²) in [4.78, 5) is 38.4. The topological polar surface area (TPSA) is 123 Å². The zero-order valence-electron chi connectivity index (χ0n) is 17.8. The van der Waals surface area contributed by atoms with E-state index >= 15 is 0 Å². The Bertz CT molecular complexity index is 1270. The number of likely N-dealkylation sites (tertiary alicyclic amines) is 1. The maximum absolute atomic E-state index is 12.6. The predicted molar refractivity (Wildman–Crippen MR) is 121 cm³/mol. The van der Waals surface area contributed by atoms with E-state index in [-0.39, 0.29) is 28.0 Å². The van der Waals surface area contributed by atoms with Gasteiger partial charge in [-0.1, -0.05) is 18.2 Å². The van der Waals surface area contributed by atoms with Gasteiger partial charge in [0.25, 0.3) is 11.7 Å². The third-order valence-corrected chi connectivity index (χ3v) is 8.04. The highest BCUT2D eigenvalue weighted by Crippen LogP contribution is 2.23. The minimum Gasteiger partial charge on any atom is -0.465 e. The van der Waals surface area contributed by atoms with E-state index in [2.05, 4.69) is 9.46 Å².